The smallest absolute Gasteiger partial charge is 0.302 e. The number of carbonyl (C=O) groups is 1. The Morgan fingerprint density at radius 1 is 1.35 bits per heavy atom. The second-order valence-electron chi connectivity index (χ2n) is 9.33. The summed E-state index contributed by atoms with van der Waals surface area (Å²) in [6.45, 7) is 8.62. The van der Waals surface area contributed by atoms with E-state index in [2.05, 4.69) is 26.8 Å². The third kappa shape index (κ3) is 2.58. The van der Waals surface area contributed by atoms with Gasteiger partial charge in [0.05, 0.1) is 0 Å². The van der Waals surface area contributed by atoms with Crippen molar-refractivity contribution in [1.82, 2.24) is 0 Å². The molecule has 0 bridgehead atoms. The first-order valence-corrected chi connectivity index (χ1v) is 10.3. The number of fused-ring (bicyclic) bond motifs is 5. The van der Waals surface area contributed by atoms with E-state index >= 15 is 0 Å². The molecule has 2 saturated carbocycles. The zero-order valence-corrected chi connectivity index (χ0v) is 16.5. The Morgan fingerprint density at radius 2 is 2.12 bits per heavy atom. The number of phenols is 1. The van der Waals surface area contributed by atoms with Crippen LogP contribution in [0, 0.1) is 29.1 Å². The first-order valence-electron chi connectivity index (χ1n) is 10.3. The Bertz CT molecular complexity index is 711. The maximum Gasteiger partial charge on any atom is 0.302 e. The molecule has 2 fully saturated rings. The molecule has 142 valence electrons. The summed E-state index contributed by atoms with van der Waals surface area (Å²) in [6, 6.07) is 6.02. The average Bonchev–Trinajstić information content (AvgIpc) is 2.89. The van der Waals surface area contributed by atoms with Gasteiger partial charge in [0.2, 0.25) is 0 Å². The molecule has 26 heavy (non-hydrogen) atoms. The highest BCUT2D eigenvalue weighted by Crippen LogP contribution is 2.64. The van der Waals surface area contributed by atoms with Crippen molar-refractivity contribution in [3.05, 3.63) is 29.3 Å². The molecule has 0 saturated heterocycles. The van der Waals surface area contributed by atoms with Crippen molar-refractivity contribution < 1.29 is 14.6 Å². The zero-order chi connectivity index (χ0) is 18.6. The summed E-state index contributed by atoms with van der Waals surface area (Å²) in [5.74, 6) is 3.32. The Morgan fingerprint density at radius 3 is 2.81 bits per heavy atom. The molecule has 1 N–H and O–H groups in total. The first kappa shape index (κ1) is 17.9. The van der Waals surface area contributed by atoms with Crippen molar-refractivity contribution in [2.75, 3.05) is 0 Å². The van der Waals surface area contributed by atoms with Gasteiger partial charge in [-0.2, -0.15) is 0 Å². The quantitative estimate of drug-likeness (QED) is 0.753. The van der Waals surface area contributed by atoms with Crippen LogP contribution in [0.2, 0.25) is 0 Å². The van der Waals surface area contributed by atoms with E-state index < -0.39 is 0 Å². The number of esters is 1. The molecule has 1 aromatic carbocycles. The molecule has 0 spiro atoms. The van der Waals surface area contributed by atoms with Crippen molar-refractivity contribution >= 4 is 5.97 Å². The van der Waals surface area contributed by atoms with Crippen molar-refractivity contribution in [1.29, 1.82) is 0 Å². The van der Waals surface area contributed by atoms with Crippen LogP contribution in [0.4, 0.5) is 0 Å². The molecular formula is C23H32O3. The largest absolute Gasteiger partial charge is 0.508 e. The number of carbonyl (C=O) groups excluding carboxylic acids is 1. The lowest BCUT2D eigenvalue weighted by Crippen LogP contribution is -2.50. The molecule has 3 aliphatic carbocycles. The fourth-order valence-corrected chi connectivity index (χ4v) is 7.05. The third-order valence-electron chi connectivity index (χ3n) is 7.92. The van der Waals surface area contributed by atoms with Crippen molar-refractivity contribution in [3.8, 4) is 5.75 Å². The summed E-state index contributed by atoms with van der Waals surface area (Å²) in [5, 5.41) is 9.97. The van der Waals surface area contributed by atoms with Crippen molar-refractivity contribution in [2.45, 2.75) is 71.8 Å². The third-order valence-corrected chi connectivity index (χ3v) is 7.92. The van der Waals surface area contributed by atoms with E-state index in [1.54, 1.807) is 6.92 Å². The van der Waals surface area contributed by atoms with Crippen LogP contribution < -0.4 is 0 Å². The maximum atomic E-state index is 11.7. The van der Waals surface area contributed by atoms with Crippen molar-refractivity contribution in [3.63, 3.8) is 0 Å². The predicted octanol–water partition coefficient (Wildman–Crippen LogP) is 5.06. The van der Waals surface area contributed by atoms with Gasteiger partial charge >= 0.3 is 5.97 Å². The molecule has 0 amide bonds. The van der Waals surface area contributed by atoms with Gasteiger partial charge in [0, 0.05) is 12.3 Å². The number of ether oxygens (including phenoxy) is 1. The predicted molar refractivity (Wildman–Crippen MR) is 102 cm³/mol. The lowest BCUT2D eigenvalue weighted by atomic mass is 9.49. The van der Waals surface area contributed by atoms with Crippen LogP contribution in [0.1, 0.15) is 70.4 Å². The van der Waals surface area contributed by atoms with Crippen LogP contribution in [0.3, 0.4) is 0 Å². The molecule has 7 atom stereocenters. The van der Waals surface area contributed by atoms with E-state index in [4.69, 9.17) is 4.74 Å². The van der Waals surface area contributed by atoms with Gasteiger partial charge in [-0.15, -0.1) is 0 Å². The monoisotopic (exact) mass is 356 g/mol. The number of benzene rings is 1. The standard InChI is InChI=1S/C23H32O3/c1-5-15-10-16-11-17(25)6-7-18(16)21-13(2)12-23(4)19(22(15)21)8-9-20(23)26-14(3)24/h6-7,11,13,15,19-22,25H,5,8-10,12H2,1-4H3/t13-,15+,19?,20-,21?,22?,23-/m0/s1. The number of aromatic hydroxyl groups is 1. The van der Waals surface area contributed by atoms with Crippen LogP contribution in [0.25, 0.3) is 0 Å². The second-order valence-corrected chi connectivity index (χ2v) is 9.33. The molecule has 0 aromatic heterocycles. The molecule has 0 aliphatic heterocycles. The van der Waals surface area contributed by atoms with Gasteiger partial charge < -0.3 is 9.84 Å². The van der Waals surface area contributed by atoms with E-state index in [9.17, 15) is 9.90 Å². The number of rotatable bonds is 2. The van der Waals surface area contributed by atoms with Gasteiger partial charge in [-0.25, -0.2) is 0 Å². The highest BCUT2D eigenvalue weighted by molar-refractivity contribution is 5.66. The Labute approximate surface area is 157 Å². The molecule has 3 unspecified atom stereocenters. The van der Waals surface area contributed by atoms with Gasteiger partial charge in [0.15, 0.2) is 0 Å². The summed E-state index contributed by atoms with van der Waals surface area (Å²) >= 11 is 0. The van der Waals surface area contributed by atoms with Gasteiger partial charge in [-0.05, 0) is 78.5 Å². The number of phenolic OH excluding ortho intramolecular Hbond substituents is 1. The maximum absolute atomic E-state index is 11.7. The minimum atomic E-state index is -0.136. The summed E-state index contributed by atoms with van der Waals surface area (Å²) < 4.78 is 5.79. The Balaban J connectivity index is 1.75. The van der Waals surface area contributed by atoms with Crippen LogP contribution in [0.15, 0.2) is 18.2 Å². The molecule has 1 aromatic rings. The minimum absolute atomic E-state index is 0.0760. The topological polar surface area (TPSA) is 46.5 Å². The van der Waals surface area contributed by atoms with Crippen LogP contribution in [0.5, 0.6) is 5.75 Å². The van der Waals surface area contributed by atoms with E-state index in [0.29, 0.717) is 35.3 Å². The Hall–Kier alpha value is -1.51. The Kier molecular flexibility index (Phi) is 4.32. The number of hydrogen-bond acceptors (Lipinski definition) is 3. The van der Waals surface area contributed by atoms with E-state index in [1.165, 1.54) is 24.0 Å². The molecule has 0 heterocycles. The lowest BCUT2D eigenvalue weighted by molar-refractivity contribution is -0.157. The molecule has 4 rings (SSSR count). The highest BCUT2D eigenvalue weighted by Gasteiger charge is 2.59. The second kappa shape index (κ2) is 6.28. The van der Waals surface area contributed by atoms with Gasteiger partial charge in [-0.3, -0.25) is 4.79 Å². The minimum Gasteiger partial charge on any atom is -0.508 e. The molecular weight excluding hydrogens is 324 g/mol. The fourth-order valence-electron chi connectivity index (χ4n) is 7.05. The lowest BCUT2D eigenvalue weighted by Gasteiger charge is -2.55. The molecule has 3 nitrogen and oxygen atoms in total. The zero-order valence-electron chi connectivity index (χ0n) is 16.5. The fraction of sp³-hybridized carbons (Fsp3) is 0.696. The normalized spacial score (nSPS) is 41.1. The number of hydrogen-bond donors (Lipinski definition) is 1. The highest BCUT2D eigenvalue weighted by atomic mass is 16.5. The van der Waals surface area contributed by atoms with Gasteiger partial charge in [0.25, 0.3) is 0 Å². The molecule has 0 radical (unpaired) electrons. The van der Waals surface area contributed by atoms with E-state index in [-0.39, 0.29) is 17.5 Å². The van der Waals surface area contributed by atoms with E-state index in [1.807, 2.05) is 12.1 Å². The van der Waals surface area contributed by atoms with Gasteiger partial charge in [-0.1, -0.05) is 33.3 Å². The van der Waals surface area contributed by atoms with E-state index in [0.717, 1.165) is 19.3 Å². The molecule has 3 heteroatoms. The summed E-state index contributed by atoms with van der Waals surface area (Å²) in [4.78, 5) is 11.7. The summed E-state index contributed by atoms with van der Waals surface area (Å²) in [5.41, 5.74) is 2.92. The van der Waals surface area contributed by atoms with Crippen LogP contribution in [-0.2, 0) is 16.0 Å². The molecule has 3 aliphatic rings. The average molecular weight is 357 g/mol. The van der Waals surface area contributed by atoms with Gasteiger partial charge in [0.1, 0.15) is 11.9 Å². The summed E-state index contributed by atoms with van der Waals surface area (Å²) in [6.07, 6.45) is 5.62. The van der Waals surface area contributed by atoms with Crippen molar-refractivity contribution in [2.24, 2.45) is 29.1 Å². The SMILES string of the molecule is CC[C@@H]1Cc2cc(O)ccc2C2C1C1CC[C@H](OC(C)=O)[C@@]1(C)C[C@@H]2C. The van der Waals surface area contributed by atoms with Crippen LogP contribution >= 0.6 is 0 Å². The van der Waals surface area contributed by atoms with Crippen LogP contribution in [-0.4, -0.2) is 17.2 Å². The summed E-state index contributed by atoms with van der Waals surface area (Å²) in [7, 11) is 0. The first-order chi connectivity index (χ1) is 12.3.